The molecule has 2 N–H and O–H groups in total. The molecule has 0 saturated carbocycles. The van der Waals surface area contributed by atoms with Crippen molar-refractivity contribution in [1.82, 2.24) is 5.32 Å². The molecule has 96 valence electrons. The molecular formula is C12H11F2NO3. The number of benzene rings is 1. The Bertz CT molecular complexity index is 532. The molecule has 1 aromatic carbocycles. The highest BCUT2D eigenvalue weighted by Gasteiger charge is 2.48. The molecule has 2 rings (SSSR count). The number of carboxylic acid groups (broad SMARTS) is 1. The molecule has 0 radical (unpaired) electrons. The average molecular weight is 255 g/mol. The molecule has 0 spiro atoms. The number of nitrogens with one attached hydrogen (secondary N) is 1. The fourth-order valence-corrected chi connectivity index (χ4v) is 2.26. The first kappa shape index (κ1) is 12.5. The topological polar surface area (TPSA) is 66.4 Å². The second-order valence-corrected chi connectivity index (χ2v) is 4.56. The van der Waals surface area contributed by atoms with E-state index in [2.05, 4.69) is 5.32 Å². The van der Waals surface area contributed by atoms with E-state index in [1.54, 1.807) is 0 Å². The van der Waals surface area contributed by atoms with Crippen LogP contribution in [0.1, 0.15) is 18.9 Å². The maximum atomic E-state index is 13.2. The number of carbonyl (C=O) groups is 2. The van der Waals surface area contributed by atoms with E-state index in [0.29, 0.717) is 0 Å². The number of amides is 1. The Hall–Kier alpha value is -1.98. The zero-order chi connectivity index (χ0) is 13.5. The van der Waals surface area contributed by atoms with Gasteiger partial charge in [-0.15, -0.1) is 0 Å². The largest absolute Gasteiger partial charge is 0.480 e. The molecule has 0 aliphatic carbocycles. The molecular weight excluding hydrogens is 244 g/mol. The van der Waals surface area contributed by atoms with Crippen molar-refractivity contribution < 1.29 is 23.5 Å². The summed E-state index contributed by atoms with van der Waals surface area (Å²) in [6.07, 6.45) is -0.0744. The second kappa shape index (κ2) is 4.04. The molecule has 1 aliphatic rings. The van der Waals surface area contributed by atoms with Crippen molar-refractivity contribution in [2.75, 3.05) is 0 Å². The lowest BCUT2D eigenvalue weighted by atomic mass is 9.76. The minimum Gasteiger partial charge on any atom is -0.480 e. The predicted molar refractivity (Wildman–Crippen MR) is 57.9 cm³/mol. The minimum atomic E-state index is -1.20. The summed E-state index contributed by atoms with van der Waals surface area (Å²) < 4.78 is 26.1. The average Bonchev–Trinajstić information content (AvgIpc) is 2.59. The molecule has 18 heavy (non-hydrogen) atoms. The molecule has 1 fully saturated rings. The number of halogens is 2. The van der Waals surface area contributed by atoms with Crippen LogP contribution in [-0.4, -0.2) is 23.0 Å². The van der Waals surface area contributed by atoms with E-state index in [-0.39, 0.29) is 12.0 Å². The number of rotatable bonds is 2. The van der Waals surface area contributed by atoms with Gasteiger partial charge in [0.2, 0.25) is 5.91 Å². The van der Waals surface area contributed by atoms with Crippen molar-refractivity contribution >= 4 is 11.9 Å². The van der Waals surface area contributed by atoms with E-state index in [9.17, 15) is 18.4 Å². The van der Waals surface area contributed by atoms with Crippen LogP contribution in [0.25, 0.3) is 0 Å². The van der Waals surface area contributed by atoms with Gasteiger partial charge in [0.05, 0.1) is 0 Å². The van der Waals surface area contributed by atoms with Crippen molar-refractivity contribution in [3.8, 4) is 0 Å². The summed E-state index contributed by atoms with van der Waals surface area (Å²) in [6, 6.07) is 2.02. The second-order valence-electron chi connectivity index (χ2n) is 4.56. The van der Waals surface area contributed by atoms with Crippen molar-refractivity contribution in [1.29, 1.82) is 0 Å². The smallest absolute Gasteiger partial charge is 0.327 e. The third-order valence-corrected chi connectivity index (χ3v) is 3.30. The minimum absolute atomic E-state index is 0.0744. The highest BCUT2D eigenvalue weighted by molar-refractivity contribution is 5.90. The molecule has 1 saturated heterocycles. The predicted octanol–water partition coefficient (Wildman–Crippen LogP) is 1.20. The molecule has 2 atom stereocenters. The lowest BCUT2D eigenvalue weighted by Crippen LogP contribution is -2.44. The van der Waals surface area contributed by atoms with Crippen molar-refractivity contribution in [2.24, 2.45) is 0 Å². The summed E-state index contributed by atoms with van der Waals surface area (Å²) in [4.78, 5) is 22.5. The molecule has 1 heterocycles. The number of carboxylic acids is 1. The van der Waals surface area contributed by atoms with E-state index in [1.165, 1.54) is 13.0 Å². The highest BCUT2D eigenvalue weighted by atomic mass is 19.2. The van der Waals surface area contributed by atoms with Gasteiger partial charge in [0.1, 0.15) is 6.04 Å². The molecule has 1 aromatic rings. The van der Waals surface area contributed by atoms with E-state index < -0.39 is 35.0 Å². The van der Waals surface area contributed by atoms with Crippen LogP contribution in [0.15, 0.2) is 18.2 Å². The van der Waals surface area contributed by atoms with Crippen LogP contribution in [0.4, 0.5) is 8.78 Å². The number of hydrogen-bond donors (Lipinski definition) is 2. The fourth-order valence-electron chi connectivity index (χ4n) is 2.26. The normalized spacial score (nSPS) is 27.1. The Balaban J connectivity index is 2.48. The van der Waals surface area contributed by atoms with Gasteiger partial charge < -0.3 is 10.4 Å². The summed E-state index contributed by atoms with van der Waals surface area (Å²) in [5, 5.41) is 11.4. The van der Waals surface area contributed by atoms with E-state index in [0.717, 1.165) is 12.1 Å². The first-order chi connectivity index (χ1) is 8.34. The first-order valence-corrected chi connectivity index (χ1v) is 5.32. The van der Waals surface area contributed by atoms with E-state index in [4.69, 9.17) is 5.11 Å². The van der Waals surface area contributed by atoms with Gasteiger partial charge >= 0.3 is 5.97 Å². The lowest BCUT2D eigenvalue weighted by molar-refractivity contribution is -0.141. The SMILES string of the molecule is CC1(c2ccc(F)c(F)c2)CC(=O)NC1C(=O)O. The lowest BCUT2D eigenvalue weighted by Gasteiger charge is -2.27. The van der Waals surface area contributed by atoms with Crippen LogP contribution < -0.4 is 5.32 Å². The number of aliphatic carboxylic acids is 1. The third kappa shape index (κ3) is 1.83. The monoisotopic (exact) mass is 255 g/mol. The fraction of sp³-hybridized carbons (Fsp3) is 0.333. The van der Waals surface area contributed by atoms with Crippen LogP contribution in [0.5, 0.6) is 0 Å². The van der Waals surface area contributed by atoms with E-state index >= 15 is 0 Å². The quantitative estimate of drug-likeness (QED) is 0.834. The molecule has 0 bridgehead atoms. The van der Waals surface area contributed by atoms with Gasteiger partial charge in [-0.1, -0.05) is 13.0 Å². The van der Waals surface area contributed by atoms with Gasteiger partial charge in [0, 0.05) is 11.8 Å². The first-order valence-electron chi connectivity index (χ1n) is 5.32. The Morgan fingerprint density at radius 2 is 2.11 bits per heavy atom. The van der Waals surface area contributed by atoms with E-state index in [1.807, 2.05) is 0 Å². The van der Waals surface area contributed by atoms with Crippen molar-refractivity contribution in [3.05, 3.63) is 35.4 Å². The van der Waals surface area contributed by atoms with Crippen LogP contribution in [-0.2, 0) is 15.0 Å². The van der Waals surface area contributed by atoms with Gasteiger partial charge in [0.15, 0.2) is 11.6 Å². The van der Waals surface area contributed by atoms with Gasteiger partial charge in [-0.05, 0) is 17.7 Å². The molecule has 1 aliphatic heterocycles. The van der Waals surface area contributed by atoms with Crippen LogP contribution in [0, 0.1) is 11.6 Å². The third-order valence-electron chi connectivity index (χ3n) is 3.30. The molecule has 4 nitrogen and oxygen atoms in total. The van der Waals surface area contributed by atoms with Crippen LogP contribution in [0.2, 0.25) is 0 Å². The van der Waals surface area contributed by atoms with Gasteiger partial charge in [-0.2, -0.15) is 0 Å². The number of hydrogen-bond acceptors (Lipinski definition) is 2. The number of carbonyl (C=O) groups excluding carboxylic acids is 1. The summed E-state index contributed by atoms with van der Waals surface area (Å²) in [7, 11) is 0. The van der Waals surface area contributed by atoms with Gasteiger partial charge in [-0.3, -0.25) is 4.79 Å². The summed E-state index contributed by atoms with van der Waals surface area (Å²) >= 11 is 0. The summed E-state index contributed by atoms with van der Waals surface area (Å²) in [6.45, 7) is 1.54. The Morgan fingerprint density at radius 3 is 2.67 bits per heavy atom. The van der Waals surface area contributed by atoms with Crippen LogP contribution in [0.3, 0.4) is 0 Å². The summed E-state index contributed by atoms with van der Waals surface area (Å²) in [5.41, 5.74) is -0.801. The standard InChI is InChI=1S/C12H11F2NO3/c1-12(5-9(16)15-10(12)11(17)18)6-2-3-7(13)8(14)4-6/h2-4,10H,5H2,1H3,(H,15,16)(H,17,18). The molecule has 2 unspecified atom stereocenters. The van der Waals surface area contributed by atoms with Crippen molar-refractivity contribution in [3.63, 3.8) is 0 Å². The van der Waals surface area contributed by atoms with Crippen LogP contribution >= 0.6 is 0 Å². The Labute approximate surface area is 102 Å². The highest BCUT2D eigenvalue weighted by Crippen LogP contribution is 2.36. The Kier molecular flexibility index (Phi) is 2.80. The zero-order valence-electron chi connectivity index (χ0n) is 9.54. The zero-order valence-corrected chi connectivity index (χ0v) is 9.54. The maximum Gasteiger partial charge on any atom is 0.327 e. The molecule has 0 aromatic heterocycles. The van der Waals surface area contributed by atoms with Crippen molar-refractivity contribution in [2.45, 2.75) is 24.8 Å². The molecule has 1 amide bonds. The Morgan fingerprint density at radius 1 is 1.44 bits per heavy atom. The summed E-state index contributed by atoms with van der Waals surface area (Å²) in [5.74, 6) is -3.69. The maximum absolute atomic E-state index is 13.2. The molecule has 6 heteroatoms. The van der Waals surface area contributed by atoms with Gasteiger partial charge in [0.25, 0.3) is 0 Å². The van der Waals surface area contributed by atoms with Gasteiger partial charge in [-0.25, -0.2) is 13.6 Å².